The molecule has 6 heteroatoms. The van der Waals surface area contributed by atoms with E-state index in [4.69, 9.17) is 22.7 Å². The van der Waals surface area contributed by atoms with Crippen LogP contribution in [-0.2, 0) is 4.79 Å². The van der Waals surface area contributed by atoms with Crippen molar-refractivity contribution in [3.63, 3.8) is 0 Å². The first kappa shape index (κ1) is 11.3. The Morgan fingerprint density at radius 2 is 2.22 bits per heavy atom. The van der Waals surface area contributed by atoms with Crippen molar-refractivity contribution in [1.82, 2.24) is 10.6 Å². The summed E-state index contributed by atoms with van der Waals surface area (Å²) in [6.45, 7) is 1.79. The molecule has 1 aromatic carbocycles. The van der Waals surface area contributed by atoms with Gasteiger partial charge in [0.15, 0.2) is 10.8 Å². The third kappa shape index (κ3) is 1.45. The molecule has 1 fully saturated rings. The Hall–Kier alpha value is -1.82. The number of amides is 1. The molecule has 2 aliphatic heterocycles. The summed E-state index contributed by atoms with van der Waals surface area (Å²) in [5.41, 5.74) is 5.51. The van der Waals surface area contributed by atoms with Gasteiger partial charge in [-0.3, -0.25) is 4.79 Å². The lowest BCUT2D eigenvalue weighted by atomic mass is 9.80. The van der Waals surface area contributed by atoms with Crippen LogP contribution in [-0.4, -0.2) is 16.7 Å². The number of thiocarbonyl (C=S) groups is 1. The van der Waals surface area contributed by atoms with Crippen LogP contribution in [0.1, 0.15) is 18.5 Å². The van der Waals surface area contributed by atoms with Gasteiger partial charge in [-0.05, 0) is 25.2 Å². The number of rotatable bonds is 1. The van der Waals surface area contributed by atoms with Gasteiger partial charge in [-0.1, -0.05) is 18.2 Å². The highest BCUT2D eigenvalue weighted by atomic mass is 32.1. The topological polar surface area (TPSA) is 76.4 Å². The Bertz CT molecular complexity index is 548. The second-order valence-electron chi connectivity index (χ2n) is 4.70. The summed E-state index contributed by atoms with van der Waals surface area (Å²) in [6.07, 6.45) is 0. The SMILES string of the molecule is C[C@]12NC(=S)N[C@H](c3ccccc3O1)[C@H]2C(N)=O. The van der Waals surface area contributed by atoms with Gasteiger partial charge in [-0.15, -0.1) is 0 Å². The summed E-state index contributed by atoms with van der Waals surface area (Å²) in [6, 6.07) is 7.33. The third-order valence-electron chi connectivity index (χ3n) is 3.46. The molecule has 0 unspecified atom stereocenters. The number of benzene rings is 1. The Balaban J connectivity index is 2.17. The molecule has 1 aromatic rings. The van der Waals surface area contributed by atoms with Gasteiger partial charge in [0.25, 0.3) is 0 Å². The predicted octanol–water partition coefficient (Wildman–Crippen LogP) is 0.415. The number of carbonyl (C=O) groups is 1. The fourth-order valence-corrected chi connectivity index (χ4v) is 3.05. The monoisotopic (exact) mass is 263 g/mol. The molecule has 3 rings (SSSR count). The van der Waals surface area contributed by atoms with Crippen LogP contribution in [0.15, 0.2) is 24.3 Å². The van der Waals surface area contributed by atoms with Gasteiger partial charge >= 0.3 is 0 Å². The van der Waals surface area contributed by atoms with E-state index in [1.54, 1.807) is 6.92 Å². The van der Waals surface area contributed by atoms with Gasteiger partial charge in [-0.2, -0.15) is 0 Å². The minimum Gasteiger partial charge on any atom is -0.467 e. The molecule has 2 bridgehead atoms. The minimum absolute atomic E-state index is 0.244. The second kappa shape index (κ2) is 3.58. The first-order valence-corrected chi connectivity index (χ1v) is 6.08. The number of para-hydroxylation sites is 1. The summed E-state index contributed by atoms with van der Waals surface area (Å²) in [7, 11) is 0. The average molecular weight is 263 g/mol. The van der Waals surface area contributed by atoms with E-state index in [-0.39, 0.29) is 6.04 Å². The highest BCUT2D eigenvalue weighted by molar-refractivity contribution is 7.80. The van der Waals surface area contributed by atoms with Gasteiger partial charge in [0.2, 0.25) is 5.91 Å². The number of hydrogen-bond donors (Lipinski definition) is 3. The van der Waals surface area contributed by atoms with Crippen molar-refractivity contribution in [2.75, 3.05) is 0 Å². The van der Waals surface area contributed by atoms with Crippen LogP contribution < -0.4 is 21.1 Å². The van der Waals surface area contributed by atoms with Crippen molar-refractivity contribution < 1.29 is 9.53 Å². The Morgan fingerprint density at radius 3 is 2.94 bits per heavy atom. The summed E-state index contributed by atoms with van der Waals surface area (Å²) < 4.78 is 5.90. The molecule has 2 aliphatic rings. The van der Waals surface area contributed by atoms with Gasteiger partial charge in [0, 0.05) is 5.56 Å². The maximum Gasteiger partial charge on any atom is 0.229 e. The zero-order chi connectivity index (χ0) is 12.9. The van der Waals surface area contributed by atoms with Crippen LogP contribution >= 0.6 is 12.2 Å². The fourth-order valence-electron chi connectivity index (χ4n) is 2.72. The number of ether oxygens (including phenoxy) is 1. The van der Waals surface area contributed by atoms with E-state index >= 15 is 0 Å². The smallest absolute Gasteiger partial charge is 0.229 e. The molecule has 0 saturated carbocycles. The lowest BCUT2D eigenvalue weighted by molar-refractivity contribution is -0.134. The number of hydrogen-bond acceptors (Lipinski definition) is 3. The molecule has 3 atom stereocenters. The van der Waals surface area contributed by atoms with Gasteiger partial charge in [0.05, 0.1) is 6.04 Å². The minimum atomic E-state index is -0.896. The molecule has 18 heavy (non-hydrogen) atoms. The maximum atomic E-state index is 11.7. The van der Waals surface area contributed by atoms with Crippen molar-refractivity contribution in [1.29, 1.82) is 0 Å². The zero-order valence-corrected chi connectivity index (χ0v) is 10.6. The van der Waals surface area contributed by atoms with E-state index in [0.29, 0.717) is 5.11 Å². The molecule has 2 heterocycles. The predicted molar refractivity (Wildman–Crippen MR) is 69.8 cm³/mol. The Morgan fingerprint density at radius 1 is 1.50 bits per heavy atom. The molecule has 4 N–H and O–H groups in total. The number of primary amides is 1. The van der Waals surface area contributed by atoms with Crippen molar-refractivity contribution >= 4 is 23.2 Å². The summed E-state index contributed by atoms with van der Waals surface area (Å²) in [4.78, 5) is 11.7. The lowest BCUT2D eigenvalue weighted by Crippen LogP contribution is -2.70. The van der Waals surface area contributed by atoms with E-state index < -0.39 is 17.6 Å². The Labute approximate surface area is 110 Å². The molecular formula is C12H13N3O2S. The Kier molecular flexibility index (Phi) is 2.25. The van der Waals surface area contributed by atoms with Gasteiger partial charge < -0.3 is 21.1 Å². The number of carbonyl (C=O) groups excluding carboxylic acids is 1. The second-order valence-corrected chi connectivity index (χ2v) is 5.11. The molecule has 1 amide bonds. The van der Waals surface area contributed by atoms with E-state index in [1.807, 2.05) is 24.3 Å². The maximum absolute atomic E-state index is 11.7. The van der Waals surface area contributed by atoms with Crippen LogP contribution in [0.3, 0.4) is 0 Å². The molecule has 5 nitrogen and oxygen atoms in total. The van der Waals surface area contributed by atoms with Gasteiger partial charge in [0.1, 0.15) is 11.7 Å². The van der Waals surface area contributed by atoms with Crippen LogP contribution in [0, 0.1) is 5.92 Å². The molecule has 0 spiro atoms. The molecular weight excluding hydrogens is 250 g/mol. The molecule has 0 radical (unpaired) electrons. The van der Waals surface area contributed by atoms with E-state index in [2.05, 4.69) is 10.6 Å². The quantitative estimate of drug-likeness (QED) is 0.640. The normalized spacial score (nSPS) is 32.6. The molecule has 0 aliphatic carbocycles. The van der Waals surface area contributed by atoms with Crippen LogP contribution in [0.25, 0.3) is 0 Å². The molecule has 94 valence electrons. The first-order chi connectivity index (χ1) is 8.51. The van der Waals surface area contributed by atoms with Crippen LogP contribution in [0.2, 0.25) is 0 Å². The molecule has 0 aromatic heterocycles. The van der Waals surface area contributed by atoms with Crippen molar-refractivity contribution in [3.05, 3.63) is 29.8 Å². The number of nitrogens with one attached hydrogen (secondary N) is 2. The summed E-state index contributed by atoms with van der Waals surface area (Å²) in [5.74, 6) is -0.191. The van der Waals surface area contributed by atoms with E-state index in [1.165, 1.54) is 0 Å². The average Bonchev–Trinajstić information content (AvgIpc) is 2.26. The highest BCUT2D eigenvalue weighted by Gasteiger charge is 2.53. The highest BCUT2D eigenvalue weighted by Crippen LogP contribution is 2.44. The van der Waals surface area contributed by atoms with Crippen molar-refractivity contribution in [3.8, 4) is 5.75 Å². The summed E-state index contributed by atoms with van der Waals surface area (Å²) >= 11 is 5.15. The largest absolute Gasteiger partial charge is 0.467 e. The van der Waals surface area contributed by atoms with Crippen molar-refractivity contribution in [2.24, 2.45) is 11.7 Å². The number of fused-ring (bicyclic) bond motifs is 4. The summed E-state index contributed by atoms with van der Waals surface area (Å²) in [5, 5.41) is 6.56. The standard InChI is InChI=1S/C12H13N3O2S/c1-12-8(10(13)16)9(14-11(18)15-12)6-4-2-3-5-7(6)17-12/h2-5,8-9H,1H3,(H2,13,16)(H2,14,15,18)/t8-,9+,12-/m0/s1. The molecule has 1 saturated heterocycles. The lowest BCUT2D eigenvalue weighted by Gasteiger charge is -2.50. The third-order valence-corrected chi connectivity index (χ3v) is 3.68. The zero-order valence-electron chi connectivity index (χ0n) is 9.77. The number of nitrogens with two attached hydrogens (primary N) is 1. The first-order valence-electron chi connectivity index (χ1n) is 5.67. The van der Waals surface area contributed by atoms with E-state index in [0.717, 1.165) is 11.3 Å². The van der Waals surface area contributed by atoms with Crippen LogP contribution in [0.5, 0.6) is 5.75 Å². The van der Waals surface area contributed by atoms with E-state index in [9.17, 15) is 4.79 Å². The van der Waals surface area contributed by atoms with Gasteiger partial charge in [-0.25, -0.2) is 0 Å². The van der Waals surface area contributed by atoms with Crippen molar-refractivity contribution in [2.45, 2.75) is 18.7 Å². The van der Waals surface area contributed by atoms with Crippen LogP contribution in [0.4, 0.5) is 0 Å². The fraction of sp³-hybridized carbons (Fsp3) is 0.333.